The minimum absolute atomic E-state index is 0.290. The van der Waals surface area contributed by atoms with Crippen molar-refractivity contribution in [2.75, 3.05) is 14.1 Å². The van der Waals surface area contributed by atoms with Crippen LogP contribution >= 0.6 is 0 Å². The third kappa shape index (κ3) is 2.29. The van der Waals surface area contributed by atoms with Gasteiger partial charge in [-0.3, -0.25) is 10.6 Å². The fourth-order valence-corrected chi connectivity index (χ4v) is 2.84. The lowest BCUT2D eigenvalue weighted by Crippen LogP contribution is -2.55. The van der Waals surface area contributed by atoms with Crippen molar-refractivity contribution in [3.8, 4) is 0 Å². The van der Waals surface area contributed by atoms with E-state index >= 15 is 0 Å². The van der Waals surface area contributed by atoms with Gasteiger partial charge in [-0.2, -0.15) is 0 Å². The molecule has 19 heavy (non-hydrogen) atoms. The van der Waals surface area contributed by atoms with E-state index in [-0.39, 0.29) is 5.66 Å². The molecule has 2 nitrogen and oxygen atoms in total. The van der Waals surface area contributed by atoms with Crippen LogP contribution in [0.4, 0.5) is 0 Å². The Morgan fingerprint density at radius 3 is 2.47 bits per heavy atom. The van der Waals surface area contributed by atoms with Gasteiger partial charge < -0.3 is 0 Å². The number of hydrogen-bond acceptors (Lipinski definition) is 2. The molecule has 0 spiro atoms. The van der Waals surface area contributed by atoms with Gasteiger partial charge in [-0.05, 0) is 30.8 Å². The van der Waals surface area contributed by atoms with Crippen molar-refractivity contribution in [1.82, 2.24) is 10.6 Å². The summed E-state index contributed by atoms with van der Waals surface area (Å²) in [5.41, 5.74) is 3.15. The molecule has 0 aliphatic heterocycles. The van der Waals surface area contributed by atoms with Crippen LogP contribution in [0.3, 0.4) is 0 Å². The summed E-state index contributed by atoms with van der Waals surface area (Å²) in [5.74, 6) is 0.305. The number of fused-ring (bicyclic) bond motifs is 1. The lowest BCUT2D eigenvalue weighted by molar-refractivity contribution is 0.232. The van der Waals surface area contributed by atoms with E-state index in [0.29, 0.717) is 5.92 Å². The van der Waals surface area contributed by atoms with Crippen LogP contribution in [0.5, 0.6) is 0 Å². The van der Waals surface area contributed by atoms with E-state index < -0.39 is 0 Å². The highest BCUT2D eigenvalue weighted by atomic mass is 15.2. The molecule has 2 rings (SSSR count). The first-order valence-corrected chi connectivity index (χ1v) is 6.67. The second-order valence-electron chi connectivity index (χ2n) is 4.91. The number of nitrogens with one attached hydrogen (secondary N) is 2. The third-order valence-corrected chi connectivity index (χ3v) is 3.98. The zero-order valence-electron chi connectivity index (χ0n) is 11.9. The van der Waals surface area contributed by atoms with E-state index in [4.69, 9.17) is 0 Å². The first kappa shape index (κ1) is 13.8. The zero-order chi connectivity index (χ0) is 13.9. The van der Waals surface area contributed by atoms with Crippen molar-refractivity contribution in [3.63, 3.8) is 0 Å². The van der Waals surface area contributed by atoms with Gasteiger partial charge in [-0.1, -0.05) is 62.1 Å². The predicted octanol–water partition coefficient (Wildman–Crippen LogP) is 3.05. The van der Waals surface area contributed by atoms with E-state index in [9.17, 15) is 0 Å². The molecule has 100 valence electrons. The van der Waals surface area contributed by atoms with E-state index in [0.717, 1.165) is 5.57 Å². The lowest BCUT2D eigenvalue weighted by atomic mass is 9.83. The maximum absolute atomic E-state index is 4.18. The average molecular weight is 254 g/mol. The normalized spacial score (nSPS) is 24.8. The number of allylic oxidation sites excluding steroid dienone is 4. The van der Waals surface area contributed by atoms with Crippen LogP contribution in [0.1, 0.15) is 18.1 Å². The monoisotopic (exact) mass is 254 g/mol. The summed E-state index contributed by atoms with van der Waals surface area (Å²) in [4.78, 5) is 0. The Balaban J connectivity index is 2.71. The molecule has 1 unspecified atom stereocenters. The highest BCUT2D eigenvalue weighted by Crippen LogP contribution is 2.34. The average Bonchev–Trinajstić information content (AvgIpc) is 2.49. The molecule has 1 atom stereocenters. The van der Waals surface area contributed by atoms with Gasteiger partial charge >= 0.3 is 0 Å². The smallest absolute Gasteiger partial charge is 0.101 e. The molecular formula is C17H22N2. The molecule has 2 N–H and O–H groups in total. The van der Waals surface area contributed by atoms with Gasteiger partial charge in [0.1, 0.15) is 5.66 Å². The lowest BCUT2D eigenvalue weighted by Gasteiger charge is -2.39. The highest BCUT2D eigenvalue weighted by Gasteiger charge is 2.35. The van der Waals surface area contributed by atoms with Gasteiger partial charge in [-0.25, -0.2) is 0 Å². The first-order valence-electron chi connectivity index (χ1n) is 6.67. The summed E-state index contributed by atoms with van der Waals surface area (Å²) in [7, 11) is 3.98. The van der Waals surface area contributed by atoms with Gasteiger partial charge in [0.15, 0.2) is 0 Å². The highest BCUT2D eigenvalue weighted by molar-refractivity contribution is 5.75. The Morgan fingerprint density at radius 2 is 1.79 bits per heavy atom. The molecule has 0 aromatic heterocycles. The fraction of sp³-hybridized carbons (Fsp3) is 0.294. The largest absolute Gasteiger partial charge is 0.298 e. The molecule has 0 fully saturated rings. The van der Waals surface area contributed by atoms with Crippen LogP contribution in [0.2, 0.25) is 0 Å². The molecule has 1 aromatic rings. The molecule has 0 heterocycles. The van der Waals surface area contributed by atoms with Crippen molar-refractivity contribution >= 4 is 5.57 Å². The molecule has 0 saturated carbocycles. The molecule has 1 aromatic carbocycles. The quantitative estimate of drug-likeness (QED) is 0.793. The fourth-order valence-electron chi connectivity index (χ4n) is 2.84. The maximum atomic E-state index is 4.18. The van der Waals surface area contributed by atoms with E-state index in [1.165, 1.54) is 11.1 Å². The van der Waals surface area contributed by atoms with Crippen molar-refractivity contribution in [3.05, 3.63) is 66.3 Å². The van der Waals surface area contributed by atoms with Crippen molar-refractivity contribution in [2.45, 2.75) is 12.6 Å². The van der Waals surface area contributed by atoms with Gasteiger partial charge in [0.2, 0.25) is 0 Å². The van der Waals surface area contributed by atoms with Crippen LogP contribution in [0, 0.1) is 5.92 Å². The Bertz CT molecular complexity index is 522. The molecule has 0 amide bonds. The molecule has 0 bridgehead atoms. The molecule has 0 radical (unpaired) electrons. The van der Waals surface area contributed by atoms with Gasteiger partial charge in [0.05, 0.1) is 0 Å². The van der Waals surface area contributed by atoms with Crippen LogP contribution < -0.4 is 10.6 Å². The van der Waals surface area contributed by atoms with E-state index in [2.05, 4.69) is 72.7 Å². The summed E-state index contributed by atoms with van der Waals surface area (Å²) >= 11 is 0. The molecule has 1 aliphatic carbocycles. The standard InChI is InChI=1S/C17H22N2/c1-13-9-5-6-10-14(2)17(18-3,19-4)16-12-8-7-11-15(13)16/h5-12,14,18-19H,1H2,2-4H3/b9-5-,10-6-. The second kappa shape index (κ2) is 5.55. The Labute approximate surface area is 115 Å². The van der Waals surface area contributed by atoms with Gasteiger partial charge in [0.25, 0.3) is 0 Å². The second-order valence-corrected chi connectivity index (χ2v) is 4.91. The Morgan fingerprint density at radius 1 is 1.11 bits per heavy atom. The number of benzene rings is 1. The van der Waals surface area contributed by atoms with Crippen LogP contribution in [0.15, 0.2) is 55.1 Å². The predicted molar refractivity (Wildman–Crippen MR) is 82.7 cm³/mol. The molecule has 1 aliphatic rings. The summed E-state index contributed by atoms with van der Waals surface area (Å²) in [6, 6.07) is 8.43. The Hall–Kier alpha value is -1.64. The summed E-state index contributed by atoms with van der Waals surface area (Å²) < 4.78 is 0. The van der Waals surface area contributed by atoms with Crippen molar-refractivity contribution < 1.29 is 0 Å². The van der Waals surface area contributed by atoms with Gasteiger partial charge in [-0.15, -0.1) is 0 Å². The minimum Gasteiger partial charge on any atom is -0.298 e. The van der Waals surface area contributed by atoms with Crippen molar-refractivity contribution in [1.29, 1.82) is 0 Å². The summed E-state index contributed by atoms with van der Waals surface area (Å²) in [6.07, 6.45) is 8.41. The summed E-state index contributed by atoms with van der Waals surface area (Å²) in [5, 5.41) is 6.92. The van der Waals surface area contributed by atoms with Crippen molar-refractivity contribution in [2.24, 2.45) is 5.92 Å². The zero-order valence-corrected chi connectivity index (χ0v) is 11.9. The number of rotatable bonds is 2. The van der Waals surface area contributed by atoms with Crippen LogP contribution in [-0.2, 0) is 5.66 Å². The first-order chi connectivity index (χ1) is 9.15. The minimum atomic E-state index is -0.290. The Kier molecular flexibility index (Phi) is 4.03. The van der Waals surface area contributed by atoms with E-state index in [1.54, 1.807) is 0 Å². The number of hydrogen-bond donors (Lipinski definition) is 2. The SMILES string of the molecule is C=C1/C=C\C=C/C(C)C(NC)(NC)c2ccccc21. The van der Waals surface area contributed by atoms with Gasteiger partial charge in [0, 0.05) is 5.92 Å². The maximum Gasteiger partial charge on any atom is 0.101 e. The van der Waals surface area contributed by atoms with Crippen LogP contribution in [-0.4, -0.2) is 14.1 Å². The van der Waals surface area contributed by atoms with E-state index in [1.807, 2.05) is 14.1 Å². The molecular weight excluding hydrogens is 232 g/mol. The third-order valence-electron chi connectivity index (χ3n) is 3.98. The van der Waals surface area contributed by atoms with Crippen LogP contribution in [0.25, 0.3) is 5.57 Å². The summed E-state index contributed by atoms with van der Waals surface area (Å²) in [6.45, 7) is 6.39. The molecule has 0 saturated heterocycles. The molecule has 2 heteroatoms. The topological polar surface area (TPSA) is 24.1 Å².